The number of hydrazone groups is 1. The van der Waals surface area contributed by atoms with E-state index in [0.29, 0.717) is 13.0 Å². The van der Waals surface area contributed by atoms with Crippen molar-refractivity contribution in [3.8, 4) is 0 Å². The van der Waals surface area contributed by atoms with Crippen LogP contribution in [0.5, 0.6) is 0 Å². The van der Waals surface area contributed by atoms with Crippen molar-refractivity contribution in [2.75, 3.05) is 10.8 Å². The molecule has 1 aromatic heterocycles. The van der Waals surface area contributed by atoms with Crippen molar-refractivity contribution in [2.24, 2.45) is 5.10 Å². The second kappa shape index (κ2) is 7.29. The highest BCUT2D eigenvalue weighted by molar-refractivity contribution is 7.85. The third-order valence-corrected chi connectivity index (χ3v) is 6.70. The van der Waals surface area contributed by atoms with Crippen molar-refractivity contribution in [3.05, 3.63) is 59.9 Å². The molecule has 2 aromatic rings. The van der Waals surface area contributed by atoms with Crippen LogP contribution in [0.2, 0.25) is 0 Å². The van der Waals surface area contributed by atoms with Crippen molar-refractivity contribution in [3.63, 3.8) is 0 Å². The van der Waals surface area contributed by atoms with Gasteiger partial charge in [-0.05, 0) is 25.5 Å². The van der Waals surface area contributed by atoms with Gasteiger partial charge in [0, 0.05) is 35.3 Å². The lowest BCUT2D eigenvalue weighted by Gasteiger charge is -2.39. The van der Waals surface area contributed by atoms with E-state index in [1.165, 1.54) is 5.56 Å². The smallest absolute Gasteiger partial charge is 0.169 e. The van der Waals surface area contributed by atoms with Crippen LogP contribution in [0.15, 0.2) is 53.9 Å². The average molecular weight is 402 g/mol. The molecule has 0 atom stereocenters. The molecule has 150 valence electrons. The number of pyridine rings is 1. The lowest BCUT2D eigenvalue weighted by atomic mass is 9.73. The molecule has 0 unspecified atom stereocenters. The van der Waals surface area contributed by atoms with Gasteiger partial charge >= 0.3 is 0 Å². The van der Waals surface area contributed by atoms with E-state index in [0.717, 1.165) is 11.3 Å². The number of hydrogen-bond acceptors (Lipinski definition) is 5. The Morgan fingerprint density at radius 3 is 2.39 bits per heavy atom. The number of hydrogen-bond donors (Lipinski definition) is 0. The zero-order chi connectivity index (χ0) is 20.6. The van der Waals surface area contributed by atoms with Crippen LogP contribution in [-0.2, 0) is 22.1 Å². The molecule has 2 heterocycles. The summed E-state index contributed by atoms with van der Waals surface area (Å²) >= 11 is 0. The Labute approximate surface area is 167 Å². The molecule has 28 heavy (non-hydrogen) atoms. The molecular weight excluding hydrogens is 374 g/mol. The summed E-state index contributed by atoms with van der Waals surface area (Å²) in [6.45, 7) is 9.38. The largest absolute Gasteiger partial charge is 0.748 e. The number of fused-ring (bicyclic) bond motifs is 1. The molecule has 0 radical (unpaired) electrons. The van der Waals surface area contributed by atoms with Gasteiger partial charge < -0.3 is 4.55 Å². The highest BCUT2D eigenvalue weighted by Crippen LogP contribution is 2.51. The predicted octanol–water partition coefficient (Wildman–Crippen LogP) is 2.82. The Bertz CT molecular complexity index is 980. The Morgan fingerprint density at radius 1 is 1.11 bits per heavy atom. The van der Waals surface area contributed by atoms with E-state index in [-0.39, 0.29) is 16.7 Å². The SMILES string of the molecule is CC1(C)c2ccccc2N(N=Cc2cc[n+](CCCS(=O)(=O)[O-])cc2)C1(C)C. The van der Waals surface area contributed by atoms with Crippen molar-refractivity contribution < 1.29 is 17.5 Å². The molecule has 0 saturated heterocycles. The van der Waals surface area contributed by atoms with Crippen LogP contribution in [0.4, 0.5) is 5.69 Å². The fourth-order valence-corrected chi connectivity index (χ4v) is 4.02. The maximum absolute atomic E-state index is 10.7. The number of anilines is 1. The van der Waals surface area contributed by atoms with Crippen LogP contribution in [-0.4, -0.2) is 30.5 Å². The first kappa shape index (κ1) is 20.5. The van der Waals surface area contributed by atoms with Gasteiger partial charge in [-0.3, -0.25) is 5.01 Å². The van der Waals surface area contributed by atoms with E-state index < -0.39 is 10.1 Å². The van der Waals surface area contributed by atoms with Gasteiger partial charge in [-0.1, -0.05) is 32.0 Å². The summed E-state index contributed by atoms with van der Waals surface area (Å²) in [6.07, 6.45) is 5.88. The van der Waals surface area contributed by atoms with Gasteiger partial charge in [0.25, 0.3) is 0 Å². The minimum atomic E-state index is -4.16. The zero-order valence-electron chi connectivity index (χ0n) is 16.8. The third-order valence-electron chi connectivity index (χ3n) is 5.91. The molecule has 1 aliphatic heterocycles. The number of benzene rings is 1. The zero-order valence-corrected chi connectivity index (χ0v) is 17.6. The van der Waals surface area contributed by atoms with E-state index in [1.54, 1.807) is 0 Å². The highest BCUT2D eigenvalue weighted by atomic mass is 32.2. The average Bonchev–Trinajstić information content (AvgIpc) is 2.76. The van der Waals surface area contributed by atoms with E-state index >= 15 is 0 Å². The van der Waals surface area contributed by atoms with Crippen molar-refractivity contribution in [2.45, 2.75) is 51.6 Å². The van der Waals surface area contributed by atoms with Gasteiger partial charge in [0.05, 0.1) is 27.6 Å². The Morgan fingerprint density at radius 2 is 1.75 bits per heavy atom. The molecule has 7 heteroatoms. The molecular formula is C21H27N3O3S. The molecule has 3 rings (SSSR count). The van der Waals surface area contributed by atoms with Gasteiger partial charge in [-0.2, -0.15) is 5.10 Å². The maximum Gasteiger partial charge on any atom is 0.169 e. The number of para-hydroxylation sites is 1. The molecule has 0 bridgehead atoms. The third kappa shape index (κ3) is 3.95. The van der Waals surface area contributed by atoms with Crippen LogP contribution >= 0.6 is 0 Å². The summed E-state index contributed by atoms with van der Waals surface area (Å²) in [5.41, 5.74) is 3.15. The number of aromatic nitrogens is 1. The van der Waals surface area contributed by atoms with Crippen LogP contribution in [0.3, 0.4) is 0 Å². The van der Waals surface area contributed by atoms with Crippen LogP contribution in [0.25, 0.3) is 0 Å². The topological polar surface area (TPSA) is 76.7 Å². The Kier molecular flexibility index (Phi) is 5.34. The Hall–Kier alpha value is -2.25. The summed E-state index contributed by atoms with van der Waals surface area (Å²) in [7, 11) is -4.16. The van der Waals surface area contributed by atoms with Gasteiger partial charge in [0.1, 0.15) is 6.54 Å². The van der Waals surface area contributed by atoms with Crippen LogP contribution in [0, 0.1) is 0 Å². The summed E-state index contributed by atoms with van der Waals surface area (Å²) in [6, 6.07) is 12.2. The molecule has 0 saturated carbocycles. The molecule has 0 amide bonds. The lowest BCUT2D eigenvalue weighted by molar-refractivity contribution is -0.696. The van der Waals surface area contributed by atoms with Gasteiger partial charge in [-0.15, -0.1) is 0 Å². The van der Waals surface area contributed by atoms with Crippen molar-refractivity contribution in [1.82, 2.24) is 0 Å². The number of nitrogens with zero attached hydrogens (tertiary/aromatic N) is 3. The summed E-state index contributed by atoms with van der Waals surface area (Å²) < 4.78 is 33.9. The molecule has 0 N–H and O–H groups in total. The van der Waals surface area contributed by atoms with Crippen molar-refractivity contribution >= 4 is 22.0 Å². The van der Waals surface area contributed by atoms with E-state index in [9.17, 15) is 13.0 Å². The normalized spacial score (nSPS) is 17.8. The monoisotopic (exact) mass is 401 g/mol. The van der Waals surface area contributed by atoms with E-state index in [1.807, 2.05) is 41.4 Å². The standard InChI is InChI=1S/C21H27N3O3S/c1-20(2)18-8-5-6-9-19(18)24(21(20,3)4)22-16-17-10-13-23(14-11-17)12-7-15-28(25,26)27/h5-6,8-11,13-14,16H,7,12,15H2,1-4H3. The second-order valence-corrected chi connectivity index (χ2v) is 9.77. The fraction of sp³-hybridized carbons (Fsp3) is 0.429. The second-order valence-electron chi connectivity index (χ2n) is 8.24. The minimum Gasteiger partial charge on any atom is -0.748 e. The minimum absolute atomic E-state index is 0.0391. The molecule has 1 aliphatic rings. The summed E-state index contributed by atoms with van der Waals surface area (Å²) in [5, 5.41) is 6.87. The van der Waals surface area contributed by atoms with E-state index in [2.05, 4.69) is 50.9 Å². The van der Waals surface area contributed by atoms with Crippen LogP contribution < -0.4 is 9.58 Å². The first-order valence-corrected chi connectivity index (χ1v) is 11.0. The first-order valence-electron chi connectivity index (χ1n) is 9.39. The maximum atomic E-state index is 10.7. The van der Waals surface area contributed by atoms with Crippen molar-refractivity contribution in [1.29, 1.82) is 0 Å². The Balaban J connectivity index is 1.75. The molecule has 0 fully saturated rings. The fourth-order valence-electron chi connectivity index (χ4n) is 3.54. The predicted molar refractivity (Wildman–Crippen MR) is 109 cm³/mol. The first-order chi connectivity index (χ1) is 13.0. The highest BCUT2D eigenvalue weighted by Gasteiger charge is 2.50. The summed E-state index contributed by atoms with van der Waals surface area (Å²) in [5.74, 6) is -0.345. The quantitative estimate of drug-likeness (QED) is 0.424. The molecule has 6 nitrogen and oxygen atoms in total. The lowest BCUT2D eigenvalue weighted by Crippen LogP contribution is -2.48. The van der Waals surface area contributed by atoms with Gasteiger partial charge in [0.15, 0.2) is 12.4 Å². The molecule has 0 spiro atoms. The molecule has 1 aromatic carbocycles. The van der Waals surface area contributed by atoms with E-state index in [4.69, 9.17) is 5.10 Å². The van der Waals surface area contributed by atoms with Gasteiger partial charge in [-0.25, -0.2) is 13.0 Å². The van der Waals surface area contributed by atoms with Gasteiger partial charge in [0.2, 0.25) is 0 Å². The summed E-state index contributed by atoms with van der Waals surface area (Å²) in [4.78, 5) is 0. The number of aryl methyl sites for hydroxylation is 1. The molecule has 0 aliphatic carbocycles. The van der Waals surface area contributed by atoms with Crippen LogP contribution in [0.1, 0.15) is 45.2 Å². The number of rotatable bonds is 6.